The molecule has 27 heavy (non-hydrogen) atoms. The van der Waals surface area contributed by atoms with Gasteiger partial charge in [-0.2, -0.15) is 0 Å². The summed E-state index contributed by atoms with van der Waals surface area (Å²) in [6.45, 7) is 3.60. The minimum atomic E-state index is -0.427. The van der Waals surface area contributed by atoms with E-state index in [4.69, 9.17) is 0 Å². The molecule has 0 unspecified atom stereocenters. The van der Waals surface area contributed by atoms with Gasteiger partial charge in [0.05, 0.1) is 5.75 Å². The average Bonchev–Trinajstić information content (AvgIpc) is 2.69. The Kier molecular flexibility index (Phi) is 5.98. The molecule has 8 nitrogen and oxygen atoms in total. The molecule has 1 fully saturated rings. The molecule has 0 atom stereocenters. The molecule has 2 aromatic heterocycles. The normalized spacial score (nSPS) is 14.7. The number of aromatic nitrogens is 4. The predicted molar refractivity (Wildman–Crippen MR) is 105 cm³/mol. The van der Waals surface area contributed by atoms with Crippen LogP contribution in [0.3, 0.4) is 0 Å². The highest BCUT2D eigenvalue weighted by molar-refractivity contribution is 8.00. The number of carbonyl (C=O) groups is 1. The molecule has 2 aromatic rings. The van der Waals surface area contributed by atoms with Crippen molar-refractivity contribution in [2.45, 2.75) is 44.1 Å². The number of fused-ring (bicyclic) bond motifs is 1. The van der Waals surface area contributed by atoms with E-state index in [2.05, 4.69) is 9.97 Å². The molecule has 0 aromatic carbocycles. The molecule has 146 valence electrons. The lowest BCUT2D eigenvalue weighted by Gasteiger charge is -2.26. The fourth-order valence-corrected chi connectivity index (χ4v) is 4.21. The second kappa shape index (κ2) is 8.24. The number of carbonyl (C=O) groups excluding carboxylic acids is 1. The summed E-state index contributed by atoms with van der Waals surface area (Å²) in [5, 5.41) is 0.779. The highest BCUT2D eigenvalue weighted by Gasteiger charge is 2.20. The van der Waals surface area contributed by atoms with E-state index in [0.29, 0.717) is 28.3 Å². The molecule has 0 spiro atoms. The number of likely N-dealkylation sites (tertiary alicyclic amines) is 1. The van der Waals surface area contributed by atoms with Crippen molar-refractivity contribution in [3.63, 3.8) is 0 Å². The lowest BCUT2D eigenvalue weighted by atomic mass is 10.1. The standard InChI is InChI=1S/C18H25N5O3S/c1-4-8-12-19-15-14(17(25)22(3)18(26)21(15)2)16(20-12)27-11-13(24)23-9-6-5-7-10-23/h4-11H2,1-3H3. The number of hydrogen-bond acceptors (Lipinski definition) is 6. The molecule has 9 heteroatoms. The number of piperidine rings is 1. The van der Waals surface area contributed by atoms with Crippen LogP contribution in [0.2, 0.25) is 0 Å². The Balaban J connectivity index is 2.01. The first kappa shape index (κ1) is 19.6. The quantitative estimate of drug-likeness (QED) is 0.560. The minimum absolute atomic E-state index is 0.0603. The Morgan fingerprint density at radius 3 is 2.44 bits per heavy atom. The molecule has 0 radical (unpaired) electrons. The Morgan fingerprint density at radius 2 is 1.78 bits per heavy atom. The lowest BCUT2D eigenvalue weighted by Crippen LogP contribution is -2.38. The van der Waals surface area contributed by atoms with Gasteiger partial charge in [-0.1, -0.05) is 18.7 Å². The zero-order valence-corrected chi connectivity index (χ0v) is 16.8. The van der Waals surface area contributed by atoms with Gasteiger partial charge in [-0.3, -0.25) is 18.7 Å². The summed E-state index contributed by atoms with van der Waals surface area (Å²) < 4.78 is 2.43. The van der Waals surface area contributed by atoms with Crippen LogP contribution in [0.15, 0.2) is 14.6 Å². The molecule has 0 N–H and O–H groups in total. The van der Waals surface area contributed by atoms with Crippen molar-refractivity contribution in [1.29, 1.82) is 0 Å². The Bertz CT molecular complexity index is 976. The van der Waals surface area contributed by atoms with Crippen molar-refractivity contribution in [1.82, 2.24) is 24.0 Å². The third-order valence-electron chi connectivity index (χ3n) is 4.83. The van der Waals surface area contributed by atoms with Crippen molar-refractivity contribution in [2.24, 2.45) is 14.1 Å². The molecular formula is C18H25N5O3S. The summed E-state index contributed by atoms with van der Waals surface area (Å²) in [6, 6.07) is 0. The first-order valence-electron chi connectivity index (χ1n) is 9.31. The maximum atomic E-state index is 12.7. The van der Waals surface area contributed by atoms with E-state index in [1.807, 2.05) is 11.8 Å². The fourth-order valence-electron chi connectivity index (χ4n) is 3.28. The van der Waals surface area contributed by atoms with Crippen molar-refractivity contribution >= 4 is 28.7 Å². The van der Waals surface area contributed by atoms with Crippen molar-refractivity contribution in [3.8, 4) is 0 Å². The van der Waals surface area contributed by atoms with E-state index in [9.17, 15) is 14.4 Å². The van der Waals surface area contributed by atoms with Gasteiger partial charge >= 0.3 is 5.69 Å². The zero-order valence-electron chi connectivity index (χ0n) is 16.0. The summed E-state index contributed by atoms with van der Waals surface area (Å²) in [4.78, 5) is 48.3. The van der Waals surface area contributed by atoms with Crippen molar-refractivity contribution < 1.29 is 4.79 Å². The van der Waals surface area contributed by atoms with Crippen LogP contribution in [0.4, 0.5) is 0 Å². The van der Waals surface area contributed by atoms with Crippen molar-refractivity contribution in [2.75, 3.05) is 18.8 Å². The van der Waals surface area contributed by atoms with Crippen molar-refractivity contribution in [3.05, 3.63) is 26.7 Å². The van der Waals surface area contributed by atoms with E-state index in [0.717, 1.165) is 43.3 Å². The van der Waals surface area contributed by atoms with Crippen LogP contribution in [0.5, 0.6) is 0 Å². The van der Waals surface area contributed by atoms with Gasteiger partial charge in [0.15, 0.2) is 5.65 Å². The largest absolute Gasteiger partial charge is 0.342 e. The monoisotopic (exact) mass is 391 g/mol. The van der Waals surface area contributed by atoms with E-state index in [-0.39, 0.29) is 11.7 Å². The van der Waals surface area contributed by atoms with Gasteiger partial charge in [-0.05, 0) is 25.7 Å². The summed E-state index contributed by atoms with van der Waals surface area (Å²) in [5.41, 5.74) is -0.521. The highest BCUT2D eigenvalue weighted by Crippen LogP contribution is 2.23. The smallest absolute Gasteiger partial charge is 0.332 e. The van der Waals surface area contributed by atoms with Crippen LogP contribution >= 0.6 is 11.8 Å². The van der Waals surface area contributed by atoms with Gasteiger partial charge in [0, 0.05) is 33.6 Å². The minimum Gasteiger partial charge on any atom is -0.342 e. The second-order valence-electron chi connectivity index (χ2n) is 6.83. The topological polar surface area (TPSA) is 90.1 Å². The fraction of sp³-hybridized carbons (Fsp3) is 0.611. The Morgan fingerprint density at radius 1 is 1.07 bits per heavy atom. The van der Waals surface area contributed by atoms with E-state index in [1.165, 1.54) is 23.4 Å². The van der Waals surface area contributed by atoms with Gasteiger partial charge in [-0.15, -0.1) is 0 Å². The Hall–Kier alpha value is -2.16. The number of nitrogens with zero attached hydrogens (tertiary/aromatic N) is 5. The second-order valence-corrected chi connectivity index (χ2v) is 7.79. The zero-order chi connectivity index (χ0) is 19.6. The number of amides is 1. The van der Waals surface area contributed by atoms with E-state index >= 15 is 0 Å². The van der Waals surface area contributed by atoms with Gasteiger partial charge in [0.1, 0.15) is 16.2 Å². The maximum Gasteiger partial charge on any atom is 0.332 e. The molecule has 3 rings (SSSR count). The molecule has 0 bridgehead atoms. The molecule has 1 amide bonds. The van der Waals surface area contributed by atoms with Crippen LogP contribution in [0.1, 0.15) is 38.4 Å². The maximum absolute atomic E-state index is 12.7. The SMILES string of the molecule is CCCc1nc(SCC(=O)N2CCCCC2)c2c(=O)n(C)c(=O)n(C)c2n1. The van der Waals surface area contributed by atoms with Gasteiger partial charge in [0.2, 0.25) is 5.91 Å². The highest BCUT2D eigenvalue weighted by atomic mass is 32.2. The third-order valence-corrected chi connectivity index (χ3v) is 5.79. The van der Waals surface area contributed by atoms with Crippen LogP contribution in [0, 0.1) is 0 Å². The van der Waals surface area contributed by atoms with Gasteiger partial charge in [0.25, 0.3) is 5.56 Å². The van der Waals surface area contributed by atoms with Gasteiger partial charge in [-0.25, -0.2) is 14.8 Å². The number of aryl methyl sites for hydroxylation is 2. The Labute approximate surface area is 161 Å². The van der Waals surface area contributed by atoms with Crippen LogP contribution in [-0.2, 0) is 25.3 Å². The molecule has 3 heterocycles. The first-order chi connectivity index (χ1) is 12.9. The summed E-state index contributed by atoms with van der Waals surface area (Å²) in [5.74, 6) is 0.871. The van der Waals surface area contributed by atoms with E-state index < -0.39 is 11.2 Å². The number of hydrogen-bond donors (Lipinski definition) is 0. The van der Waals surface area contributed by atoms with Gasteiger partial charge < -0.3 is 4.90 Å². The predicted octanol–water partition coefficient (Wildman–Crippen LogP) is 1.08. The molecule has 1 aliphatic rings. The molecule has 0 saturated carbocycles. The van der Waals surface area contributed by atoms with E-state index in [1.54, 1.807) is 7.05 Å². The molecule has 1 aliphatic heterocycles. The lowest BCUT2D eigenvalue weighted by molar-refractivity contribution is -0.129. The molecular weight excluding hydrogens is 366 g/mol. The van der Waals surface area contributed by atoms with Crippen LogP contribution in [-0.4, -0.2) is 48.8 Å². The number of rotatable bonds is 5. The third kappa shape index (κ3) is 3.92. The number of thioether (sulfide) groups is 1. The first-order valence-corrected chi connectivity index (χ1v) is 10.3. The summed E-state index contributed by atoms with van der Waals surface area (Å²) in [7, 11) is 3.04. The summed E-state index contributed by atoms with van der Waals surface area (Å²) in [6.07, 6.45) is 4.73. The van der Waals surface area contributed by atoms with Crippen LogP contribution < -0.4 is 11.2 Å². The molecule has 1 saturated heterocycles. The van der Waals surface area contributed by atoms with Crippen LogP contribution in [0.25, 0.3) is 11.0 Å². The summed E-state index contributed by atoms with van der Waals surface area (Å²) >= 11 is 1.26. The average molecular weight is 391 g/mol. The molecule has 0 aliphatic carbocycles.